The van der Waals surface area contributed by atoms with Gasteiger partial charge in [-0.05, 0) is 67.7 Å². The highest BCUT2D eigenvalue weighted by Gasteiger charge is 2.45. The Morgan fingerprint density at radius 1 is 1.13 bits per heavy atom. The summed E-state index contributed by atoms with van der Waals surface area (Å²) in [7, 11) is 0. The Morgan fingerprint density at radius 2 is 1.90 bits per heavy atom. The number of ether oxygens (including phenoxy) is 1. The van der Waals surface area contributed by atoms with Crippen molar-refractivity contribution in [2.75, 3.05) is 19.7 Å². The molecule has 0 radical (unpaired) electrons. The molecule has 2 saturated heterocycles. The van der Waals surface area contributed by atoms with Crippen molar-refractivity contribution in [2.24, 2.45) is 0 Å². The first-order valence-electron chi connectivity index (χ1n) is 11.1. The van der Waals surface area contributed by atoms with Crippen LogP contribution >= 0.6 is 11.3 Å². The molecule has 6 heteroatoms. The third-order valence-electron chi connectivity index (χ3n) is 6.96. The lowest BCUT2D eigenvalue weighted by atomic mass is 9.81. The molecule has 1 spiro atoms. The molecular weight excluding hydrogens is 399 g/mol. The molecule has 160 valence electrons. The van der Waals surface area contributed by atoms with Crippen LogP contribution in [0.4, 0.5) is 4.39 Å². The maximum atomic E-state index is 13.3. The fourth-order valence-corrected chi connectivity index (χ4v) is 5.71. The number of likely N-dealkylation sites (tertiary alicyclic amines) is 1. The van der Waals surface area contributed by atoms with Crippen LogP contribution < -0.4 is 0 Å². The summed E-state index contributed by atoms with van der Waals surface area (Å²) in [5, 5.41) is 3.89. The molecule has 3 fully saturated rings. The van der Waals surface area contributed by atoms with Gasteiger partial charge >= 0.3 is 0 Å². The Labute approximate surface area is 181 Å². The Morgan fingerprint density at radius 3 is 2.57 bits per heavy atom. The van der Waals surface area contributed by atoms with E-state index in [1.807, 2.05) is 33.9 Å². The fourth-order valence-electron chi connectivity index (χ4n) is 5.08. The lowest BCUT2D eigenvalue weighted by molar-refractivity contribution is -0.131. The van der Waals surface area contributed by atoms with Crippen LogP contribution in [-0.2, 0) is 11.3 Å². The molecule has 1 atom stereocenters. The van der Waals surface area contributed by atoms with Crippen LogP contribution in [0.2, 0.25) is 0 Å². The standard InChI is InChI=1S/C24H29FN2O2S/c25-20-3-1-18(2-4-20)16-27(21-5-6-21)22-7-13-29-24(15-22)9-11-26(12-10-24)23(28)19-8-14-30-17-19/h1-4,8,14,17,21-22H,5-7,9-13,15-16H2. The highest BCUT2D eigenvalue weighted by molar-refractivity contribution is 7.08. The van der Waals surface area contributed by atoms with E-state index >= 15 is 0 Å². The van der Waals surface area contributed by atoms with Crippen molar-refractivity contribution in [3.05, 3.63) is 58.0 Å². The molecule has 1 amide bonds. The van der Waals surface area contributed by atoms with Gasteiger partial charge in [0.2, 0.25) is 0 Å². The molecule has 1 aromatic heterocycles. The normalized spacial score (nSPS) is 23.8. The molecule has 0 bridgehead atoms. The molecule has 1 aromatic carbocycles. The van der Waals surface area contributed by atoms with Gasteiger partial charge in [0.25, 0.3) is 5.91 Å². The van der Waals surface area contributed by atoms with E-state index in [1.165, 1.54) is 18.4 Å². The minimum absolute atomic E-state index is 0.107. The summed E-state index contributed by atoms with van der Waals surface area (Å²) >= 11 is 1.57. The van der Waals surface area contributed by atoms with Crippen molar-refractivity contribution in [1.29, 1.82) is 0 Å². The molecule has 0 N–H and O–H groups in total. The Hall–Kier alpha value is -1.76. The number of rotatable bonds is 5. The molecule has 3 aliphatic rings. The van der Waals surface area contributed by atoms with Gasteiger partial charge in [0.05, 0.1) is 11.2 Å². The van der Waals surface area contributed by atoms with E-state index in [4.69, 9.17) is 4.74 Å². The predicted molar refractivity (Wildman–Crippen MR) is 116 cm³/mol. The number of carbonyl (C=O) groups excluding carboxylic acids is 1. The SMILES string of the molecule is O=C(c1ccsc1)N1CCC2(CC1)CC(N(Cc1ccc(F)cc1)C1CC1)CCO2. The second-order valence-electron chi connectivity index (χ2n) is 9.01. The maximum Gasteiger partial charge on any atom is 0.254 e. The molecule has 1 saturated carbocycles. The van der Waals surface area contributed by atoms with Gasteiger partial charge in [-0.15, -0.1) is 0 Å². The van der Waals surface area contributed by atoms with Crippen LogP contribution in [0.5, 0.6) is 0 Å². The number of carbonyl (C=O) groups is 1. The van der Waals surface area contributed by atoms with Crippen LogP contribution in [-0.4, -0.2) is 53.1 Å². The molecule has 3 heterocycles. The summed E-state index contributed by atoms with van der Waals surface area (Å²) < 4.78 is 19.7. The summed E-state index contributed by atoms with van der Waals surface area (Å²) in [6, 6.07) is 10.00. The first-order chi connectivity index (χ1) is 14.6. The second kappa shape index (κ2) is 8.40. The van der Waals surface area contributed by atoms with Crippen molar-refractivity contribution in [3.63, 3.8) is 0 Å². The molecule has 30 heavy (non-hydrogen) atoms. The van der Waals surface area contributed by atoms with E-state index in [9.17, 15) is 9.18 Å². The smallest absolute Gasteiger partial charge is 0.254 e. The van der Waals surface area contributed by atoms with Crippen molar-refractivity contribution in [1.82, 2.24) is 9.80 Å². The third-order valence-corrected chi connectivity index (χ3v) is 7.64. The molecule has 2 aliphatic heterocycles. The van der Waals surface area contributed by atoms with Crippen LogP contribution in [0, 0.1) is 5.82 Å². The number of thiophene rings is 1. The molecule has 4 nitrogen and oxygen atoms in total. The number of nitrogens with zero attached hydrogens (tertiary/aromatic N) is 2. The van der Waals surface area contributed by atoms with E-state index in [2.05, 4.69) is 4.90 Å². The quantitative estimate of drug-likeness (QED) is 0.692. The summed E-state index contributed by atoms with van der Waals surface area (Å²) in [5.74, 6) is -0.0279. The summed E-state index contributed by atoms with van der Waals surface area (Å²) in [6.45, 7) is 3.20. The average Bonchev–Trinajstić information content (AvgIpc) is 3.46. The number of piperidine rings is 1. The van der Waals surface area contributed by atoms with Gasteiger partial charge < -0.3 is 9.64 Å². The monoisotopic (exact) mass is 428 g/mol. The number of halogens is 1. The largest absolute Gasteiger partial charge is 0.375 e. The van der Waals surface area contributed by atoms with Crippen LogP contribution in [0.1, 0.15) is 54.4 Å². The van der Waals surface area contributed by atoms with Crippen molar-refractivity contribution < 1.29 is 13.9 Å². The minimum Gasteiger partial charge on any atom is -0.375 e. The zero-order valence-electron chi connectivity index (χ0n) is 17.3. The van der Waals surface area contributed by atoms with Gasteiger partial charge in [0.1, 0.15) is 5.82 Å². The molecule has 5 rings (SSSR count). The summed E-state index contributed by atoms with van der Waals surface area (Å²) in [4.78, 5) is 17.3. The zero-order chi connectivity index (χ0) is 20.6. The highest BCUT2D eigenvalue weighted by atomic mass is 32.1. The second-order valence-corrected chi connectivity index (χ2v) is 9.79. The Balaban J connectivity index is 1.24. The van der Waals surface area contributed by atoms with E-state index < -0.39 is 0 Å². The van der Waals surface area contributed by atoms with Gasteiger partial charge in [0.15, 0.2) is 0 Å². The predicted octanol–water partition coefficient (Wildman–Crippen LogP) is 4.71. The van der Waals surface area contributed by atoms with Crippen LogP contribution in [0.3, 0.4) is 0 Å². The lowest BCUT2D eigenvalue weighted by Crippen LogP contribution is -2.54. The van der Waals surface area contributed by atoms with Gasteiger partial charge in [0, 0.05) is 43.7 Å². The lowest BCUT2D eigenvalue weighted by Gasteiger charge is -2.48. The maximum absolute atomic E-state index is 13.3. The van der Waals surface area contributed by atoms with Crippen molar-refractivity contribution >= 4 is 17.2 Å². The van der Waals surface area contributed by atoms with E-state index in [1.54, 1.807) is 23.5 Å². The third kappa shape index (κ3) is 4.32. The fraction of sp³-hybridized carbons (Fsp3) is 0.542. The van der Waals surface area contributed by atoms with Crippen LogP contribution in [0.25, 0.3) is 0 Å². The van der Waals surface area contributed by atoms with Gasteiger partial charge in [-0.25, -0.2) is 4.39 Å². The Bertz CT molecular complexity index is 858. The summed E-state index contributed by atoms with van der Waals surface area (Å²) in [6.07, 6.45) is 6.42. The number of benzene rings is 1. The molecule has 1 aliphatic carbocycles. The molecular formula is C24H29FN2O2S. The first kappa shape index (κ1) is 20.2. The number of hydrogen-bond acceptors (Lipinski definition) is 4. The van der Waals surface area contributed by atoms with Gasteiger partial charge in [-0.1, -0.05) is 12.1 Å². The molecule has 2 aromatic rings. The van der Waals surface area contributed by atoms with Crippen molar-refractivity contribution in [2.45, 2.75) is 62.8 Å². The zero-order valence-corrected chi connectivity index (χ0v) is 18.1. The van der Waals surface area contributed by atoms with Gasteiger partial charge in [-0.3, -0.25) is 9.69 Å². The highest BCUT2D eigenvalue weighted by Crippen LogP contribution is 2.40. The molecule has 1 unspecified atom stereocenters. The Kier molecular flexibility index (Phi) is 5.65. The summed E-state index contributed by atoms with van der Waals surface area (Å²) in [5.41, 5.74) is 1.88. The number of hydrogen-bond donors (Lipinski definition) is 0. The van der Waals surface area contributed by atoms with E-state index in [-0.39, 0.29) is 17.3 Å². The average molecular weight is 429 g/mol. The van der Waals surface area contributed by atoms with E-state index in [0.29, 0.717) is 12.1 Å². The topological polar surface area (TPSA) is 32.8 Å². The first-order valence-corrected chi connectivity index (χ1v) is 12.0. The van der Waals surface area contributed by atoms with Crippen LogP contribution in [0.15, 0.2) is 41.1 Å². The minimum atomic E-state index is -0.175. The van der Waals surface area contributed by atoms with Crippen molar-refractivity contribution in [3.8, 4) is 0 Å². The van der Waals surface area contributed by atoms with E-state index in [0.717, 1.165) is 57.5 Å². The van der Waals surface area contributed by atoms with Gasteiger partial charge in [-0.2, -0.15) is 11.3 Å². The number of amides is 1.